The maximum absolute atomic E-state index is 13.3. The van der Waals surface area contributed by atoms with E-state index in [9.17, 15) is 18.0 Å². The van der Waals surface area contributed by atoms with Crippen LogP contribution >= 0.6 is 23.4 Å². The van der Waals surface area contributed by atoms with Crippen molar-refractivity contribution in [2.75, 3.05) is 6.61 Å². The highest BCUT2D eigenvalue weighted by Crippen LogP contribution is 2.38. The molecule has 0 radical (unpaired) electrons. The van der Waals surface area contributed by atoms with Gasteiger partial charge in [0.2, 0.25) is 6.29 Å². The molecular formula is C17H12ClF3N2O3S. The van der Waals surface area contributed by atoms with Gasteiger partial charge in [-0.05, 0) is 18.2 Å². The summed E-state index contributed by atoms with van der Waals surface area (Å²) in [5.74, 6) is -0.230. The monoisotopic (exact) mass is 416 g/mol. The molecule has 27 heavy (non-hydrogen) atoms. The molecule has 2 aromatic rings. The van der Waals surface area contributed by atoms with Crippen LogP contribution in [0, 0.1) is 0 Å². The molecule has 0 N–H and O–H groups in total. The lowest BCUT2D eigenvalue weighted by atomic mass is 10.1. The third kappa shape index (κ3) is 3.96. The lowest BCUT2D eigenvalue weighted by molar-refractivity contribution is -0.151. The average Bonchev–Trinajstić information content (AvgIpc) is 3.05. The fourth-order valence-corrected chi connectivity index (χ4v) is 4.09. The van der Waals surface area contributed by atoms with Crippen LogP contribution in [0.3, 0.4) is 0 Å². The van der Waals surface area contributed by atoms with Crippen LogP contribution in [0.5, 0.6) is 0 Å². The van der Waals surface area contributed by atoms with Gasteiger partial charge in [-0.15, -0.1) is 0 Å². The van der Waals surface area contributed by atoms with Gasteiger partial charge >= 0.3 is 6.18 Å². The van der Waals surface area contributed by atoms with Crippen LogP contribution in [0.15, 0.2) is 35.5 Å². The number of hydrogen-bond acceptors (Lipinski definition) is 6. The molecule has 0 amide bonds. The van der Waals surface area contributed by atoms with Gasteiger partial charge in [0.05, 0.1) is 18.4 Å². The molecule has 3 heterocycles. The van der Waals surface area contributed by atoms with Crippen LogP contribution in [-0.2, 0) is 20.4 Å². The number of aromatic nitrogens is 2. The molecule has 3 atom stereocenters. The van der Waals surface area contributed by atoms with Crippen molar-refractivity contribution in [1.29, 1.82) is 0 Å². The summed E-state index contributed by atoms with van der Waals surface area (Å²) in [5, 5.41) is -0.00793. The highest BCUT2D eigenvalue weighted by atomic mass is 35.5. The van der Waals surface area contributed by atoms with E-state index in [4.69, 9.17) is 21.1 Å². The van der Waals surface area contributed by atoms with E-state index in [-0.39, 0.29) is 35.8 Å². The van der Waals surface area contributed by atoms with Gasteiger partial charge < -0.3 is 9.47 Å². The molecule has 1 aromatic heterocycles. The zero-order chi connectivity index (χ0) is 19.2. The Morgan fingerprint density at radius 3 is 2.63 bits per heavy atom. The van der Waals surface area contributed by atoms with Crippen molar-refractivity contribution in [3.8, 4) is 11.3 Å². The predicted molar refractivity (Wildman–Crippen MR) is 91.4 cm³/mol. The first-order valence-corrected chi connectivity index (χ1v) is 9.24. The Balaban J connectivity index is 1.68. The fraction of sp³-hybridized carbons (Fsp3) is 0.353. The van der Waals surface area contributed by atoms with Crippen molar-refractivity contribution < 1.29 is 27.4 Å². The zero-order valence-electron chi connectivity index (χ0n) is 13.6. The van der Waals surface area contributed by atoms with E-state index in [2.05, 4.69) is 9.97 Å². The molecule has 2 fully saturated rings. The van der Waals surface area contributed by atoms with E-state index in [1.807, 2.05) is 0 Å². The van der Waals surface area contributed by atoms with E-state index >= 15 is 0 Å². The zero-order valence-corrected chi connectivity index (χ0v) is 15.1. The van der Waals surface area contributed by atoms with Gasteiger partial charge in [-0.3, -0.25) is 4.79 Å². The van der Waals surface area contributed by atoms with E-state index < -0.39 is 23.4 Å². The Hall–Kier alpha value is -1.68. The number of fused-ring (bicyclic) bond motifs is 2. The maximum atomic E-state index is 13.3. The second-order valence-corrected chi connectivity index (χ2v) is 7.73. The Morgan fingerprint density at radius 1 is 1.19 bits per heavy atom. The largest absolute Gasteiger partial charge is 0.433 e. The normalized spacial score (nSPS) is 25.0. The van der Waals surface area contributed by atoms with Crippen LogP contribution in [0.1, 0.15) is 12.1 Å². The van der Waals surface area contributed by atoms with Crippen LogP contribution < -0.4 is 0 Å². The summed E-state index contributed by atoms with van der Waals surface area (Å²) in [7, 11) is 0. The summed E-state index contributed by atoms with van der Waals surface area (Å²) < 4.78 is 50.6. The summed E-state index contributed by atoms with van der Waals surface area (Å²) in [6.45, 7) is 0.219. The quantitative estimate of drug-likeness (QED) is 0.705. The molecule has 0 spiro atoms. The van der Waals surface area contributed by atoms with Crippen molar-refractivity contribution in [1.82, 2.24) is 9.97 Å². The number of carbonyl (C=O) groups excluding carboxylic acids is 1. The first kappa shape index (κ1) is 18.7. The summed E-state index contributed by atoms with van der Waals surface area (Å²) in [5.41, 5.74) is -0.442. The molecule has 1 aromatic carbocycles. The summed E-state index contributed by atoms with van der Waals surface area (Å²) >= 11 is 6.83. The molecule has 0 aliphatic carbocycles. The summed E-state index contributed by atoms with van der Waals surface area (Å²) in [4.78, 5) is 19.8. The van der Waals surface area contributed by atoms with Crippen molar-refractivity contribution in [2.45, 2.75) is 35.4 Å². The van der Waals surface area contributed by atoms with Crippen molar-refractivity contribution >= 4 is 29.1 Å². The number of carbonyl (C=O) groups is 1. The Morgan fingerprint density at radius 2 is 1.93 bits per heavy atom. The number of rotatable bonds is 3. The molecule has 5 nitrogen and oxygen atoms in total. The molecule has 2 aliphatic rings. The van der Waals surface area contributed by atoms with Gasteiger partial charge in [0, 0.05) is 22.3 Å². The van der Waals surface area contributed by atoms with Crippen molar-refractivity contribution in [2.24, 2.45) is 0 Å². The lowest BCUT2D eigenvalue weighted by Crippen LogP contribution is -2.37. The van der Waals surface area contributed by atoms with Crippen molar-refractivity contribution in [3.63, 3.8) is 0 Å². The first-order valence-electron chi connectivity index (χ1n) is 7.98. The number of alkyl halides is 3. The smallest absolute Gasteiger partial charge is 0.343 e. The van der Waals surface area contributed by atoms with Crippen molar-refractivity contribution in [3.05, 3.63) is 41.0 Å². The molecule has 10 heteroatoms. The number of hydrogen-bond donors (Lipinski definition) is 0. The van der Waals surface area contributed by atoms with Gasteiger partial charge in [0.25, 0.3) is 0 Å². The topological polar surface area (TPSA) is 61.3 Å². The standard InChI is InChI=1S/C17H12ClF3N2O3S/c18-9-3-1-8(2-4-9)10-5-14(17(19,20)21)23-16(22-10)27-13-6-11(24)15-25-7-12(13)26-15/h1-5,12-13,15H,6-7H2/t12-,13+,15+/m0/s1. The predicted octanol–water partition coefficient (Wildman–Crippen LogP) is 3.99. The second kappa shape index (κ2) is 7.05. The fourth-order valence-electron chi connectivity index (χ4n) is 2.85. The Kier molecular flexibility index (Phi) is 4.87. The SMILES string of the molecule is O=C1C[C@@H](Sc2nc(-c3ccc(Cl)cc3)cc(C(F)(F)F)n2)[C@@H]2CO[C@@H]1O2. The van der Waals surface area contributed by atoms with Gasteiger partial charge in [-0.25, -0.2) is 9.97 Å². The van der Waals surface area contributed by atoms with Gasteiger partial charge in [-0.2, -0.15) is 13.2 Å². The van der Waals surface area contributed by atoms with E-state index in [1.54, 1.807) is 24.3 Å². The number of thioether (sulfide) groups is 1. The Bertz CT molecular complexity index is 879. The Labute approximate surface area is 161 Å². The second-order valence-electron chi connectivity index (χ2n) is 6.09. The van der Waals surface area contributed by atoms with E-state index in [1.165, 1.54) is 0 Å². The van der Waals surface area contributed by atoms with Gasteiger partial charge in [0.15, 0.2) is 10.9 Å². The molecule has 4 rings (SSSR count). The molecule has 0 unspecified atom stereocenters. The summed E-state index contributed by atoms with van der Waals surface area (Å²) in [6, 6.07) is 7.21. The third-order valence-electron chi connectivity index (χ3n) is 4.18. The number of Topliss-reactive ketones (excluding diaryl/α,β-unsaturated/α-hetero) is 1. The molecule has 2 aliphatic heterocycles. The van der Waals surface area contributed by atoms with E-state index in [0.29, 0.717) is 10.6 Å². The number of nitrogens with zero attached hydrogens (tertiary/aromatic N) is 2. The van der Waals surface area contributed by atoms with Crippen LogP contribution in [0.2, 0.25) is 5.02 Å². The van der Waals surface area contributed by atoms with Gasteiger partial charge in [0.1, 0.15) is 5.69 Å². The highest BCUT2D eigenvalue weighted by Gasteiger charge is 2.44. The minimum atomic E-state index is -4.63. The molecule has 2 bridgehead atoms. The molecular weight excluding hydrogens is 405 g/mol. The molecule has 2 saturated heterocycles. The first-order chi connectivity index (χ1) is 12.8. The number of benzene rings is 1. The highest BCUT2D eigenvalue weighted by molar-refractivity contribution is 7.99. The third-order valence-corrected chi connectivity index (χ3v) is 5.60. The average molecular weight is 417 g/mol. The lowest BCUT2D eigenvalue weighted by Gasteiger charge is -2.25. The van der Waals surface area contributed by atoms with Crippen LogP contribution in [0.4, 0.5) is 13.2 Å². The van der Waals surface area contributed by atoms with Crippen LogP contribution in [-0.4, -0.2) is 40.0 Å². The van der Waals surface area contributed by atoms with E-state index in [0.717, 1.165) is 17.8 Å². The van der Waals surface area contributed by atoms with Gasteiger partial charge in [-0.1, -0.05) is 35.5 Å². The molecule has 0 saturated carbocycles. The van der Waals surface area contributed by atoms with Crippen LogP contribution in [0.25, 0.3) is 11.3 Å². The number of ether oxygens (including phenoxy) is 2. The minimum Gasteiger partial charge on any atom is -0.343 e. The minimum absolute atomic E-state index is 0.0680. The summed E-state index contributed by atoms with van der Waals surface area (Å²) in [6.07, 6.45) is -5.73. The molecule has 142 valence electrons. The number of halogens is 4. The number of ketones is 1. The maximum Gasteiger partial charge on any atom is 0.433 e.